The number of aromatic nitrogens is 2. The molecule has 1 aromatic rings. The number of piperazine rings is 1. The third-order valence-electron chi connectivity index (χ3n) is 5.48. The molecule has 0 aliphatic carbocycles. The number of nitrogens with zero attached hydrogens (tertiary/aromatic N) is 5. The second-order valence-corrected chi connectivity index (χ2v) is 8.91. The van der Waals surface area contributed by atoms with E-state index in [0.29, 0.717) is 19.5 Å². The van der Waals surface area contributed by atoms with Crippen molar-refractivity contribution < 1.29 is 14.6 Å². The Bertz CT molecular complexity index is 659. The van der Waals surface area contributed by atoms with Crippen molar-refractivity contribution in [3.63, 3.8) is 0 Å². The second-order valence-electron chi connectivity index (χ2n) is 8.91. The van der Waals surface area contributed by atoms with Crippen LogP contribution >= 0.6 is 0 Å². The third-order valence-corrected chi connectivity index (χ3v) is 5.48. The van der Waals surface area contributed by atoms with E-state index in [-0.39, 0.29) is 12.1 Å². The standard InChI is InChI=1S/C19H33N5O3/c1-18(2,3)27-17(25)24-8-6-19(4,26)15(14-24)22-10-12-23(13-11-22)16-20-7-9-21(16)5/h7,9,15,26H,6,8,10-14H2,1-5H3/t15-,19+/m1/s1. The van der Waals surface area contributed by atoms with Gasteiger partial charge in [0.1, 0.15) is 5.60 Å². The molecule has 2 saturated heterocycles. The van der Waals surface area contributed by atoms with Crippen LogP contribution in [-0.2, 0) is 11.8 Å². The summed E-state index contributed by atoms with van der Waals surface area (Å²) in [6.07, 6.45) is 4.02. The highest BCUT2D eigenvalue weighted by atomic mass is 16.6. The maximum absolute atomic E-state index is 12.5. The van der Waals surface area contributed by atoms with Crippen molar-refractivity contribution in [2.24, 2.45) is 7.05 Å². The summed E-state index contributed by atoms with van der Waals surface area (Å²) < 4.78 is 7.55. The van der Waals surface area contributed by atoms with Gasteiger partial charge in [-0.1, -0.05) is 0 Å². The van der Waals surface area contributed by atoms with Gasteiger partial charge in [-0.05, 0) is 34.1 Å². The lowest BCUT2D eigenvalue weighted by Gasteiger charge is -2.49. The predicted molar refractivity (Wildman–Crippen MR) is 104 cm³/mol. The van der Waals surface area contributed by atoms with E-state index in [1.54, 1.807) is 4.90 Å². The number of hydrogen-bond donors (Lipinski definition) is 1. The molecule has 0 bridgehead atoms. The highest BCUT2D eigenvalue weighted by Crippen LogP contribution is 2.28. The number of piperidine rings is 1. The van der Waals surface area contributed by atoms with Gasteiger partial charge in [0.15, 0.2) is 0 Å². The van der Waals surface area contributed by atoms with E-state index in [1.165, 1.54) is 0 Å². The molecule has 2 aliphatic rings. The lowest BCUT2D eigenvalue weighted by atomic mass is 9.87. The van der Waals surface area contributed by atoms with Crippen molar-refractivity contribution in [2.75, 3.05) is 44.2 Å². The molecule has 3 rings (SSSR count). The van der Waals surface area contributed by atoms with E-state index in [0.717, 1.165) is 32.1 Å². The number of carbonyl (C=O) groups is 1. The largest absolute Gasteiger partial charge is 0.444 e. The van der Waals surface area contributed by atoms with Crippen molar-refractivity contribution in [3.05, 3.63) is 12.4 Å². The topological polar surface area (TPSA) is 74.1 Å². The smallest absolute Gasteiger partial charge is 0.410 e. The van der Waals surface area contributed by atoms with Gasteiger partial charge >= 0.3 is 6.09 Å². The molecule has 1 amide bonds. The molecule has 0 unspecified atom stereocenters. The number of ether oxygens (including phenoxy) is 1. The van der Waals surface area contributed by atoms with Crippen molar-refractivity contribution >= 4 is 12.0 Å². The summed E-state index contributed by atoms with van der Waals surface area (Å²) in [6, 6.07) is -0.0951. The zero-order valence-electron chi connectivity index (χ0n) is 17.2. The Morgan fingerprint density at radius 2 is 1.93 bits per heavy atom. The molecular weight excluding hydrogens is 346 g/mol. The van der Waals surface area contributed by atoms with E-state index in [1.807, 2.05) is 51.7 Å². The van der Waals surface area contributed by atoms with Crippen LogP contribution in [0.4, 0.5) is 10.7 Å². The van der Waals surface area contributed by atoms with Gasteiger partial charge in [-0.25, -0.2) is 9.78 Å². The number of imidazole rings is 1. The lowest BCUT2D eigenvalue weighted by Crippen LogP contribution is -2.65. The Balaban J connectivity index is 1.63. The average molecular weight is 380 g/mol. The maximum atomic E-state index is 12.5. The number of aryl methyl sites for hydroxylation is 1. The van der Waals surface area contributed by atoms with E-state index >= 15 is 0 Å². The summed E-state index contributed by atoms with van der Waals surface area (Å²) in [4.78, 5) is 23.2. The van der Waals surface area contributed by atoms with Gasteiger partial charge in [-0.3, -0.25) is 4.90 Å². The number of carbonyl (C=O) groups excluding carboxylic acids is 1. The fraction of sp³-hybridized carbons (Fsp3) is 0.789. The van der Waals surface area contributed by atoms with Crippen molar-refractivity contribution in [2.45, 2.75) is 51.4 Å². The molecule has 0 saturated carbocycles. The average Bonchev–Trinajstić information content (AvgIpc) is 2.99. The number of rotatable bonds is 2. The minimum Gasteiger partial charge on any atom is -0.444 e. The summed E-state index contributed by atoms with van der Waals surface area (Å²) in [6.45, 7) is 11.9. The monoisotopic (exact) mass is 379 g/mol. The Hall–Kier alpha value is -1.80. The minimum atomic E-state index is -0.816. The quantitative estimate of drug-likeness (QED) is 0.835. The molecule has 2 fully saturated rings. The van der Waals surface area contributed by atoms with Gasteiger partial charge in [0, 0.05) is 58.7 Å². The molecule has 152 valence electrons. The molecule has 3 heterocycles. The summed E-state index contributed by atoms with van der Waals surface area (Å²) in [5, 5.41) is 11.0. The van der Waals surface area contributed by atoms with Crippen LogP contribution in [0.5, 0.6) is 0 Å². The van der Waals surface area contributed by atoms with Crippen LogP contribution in [0.25, 0.3) is 0 Å². The first-order valence-electron chi connectivity index (χ1n) is 9.73. The van der Waals surface area contributed by atoms with Crippen molar-refractivity contribution in [3.8, 4) is 0 Å². The molecule has 1 N–H and O–H groups in total. The number of likely N-dealkylation sites (tertiary alicyclic amines) is 1. The van der Waals surface area contributed by atoms with Gasteiger partial charge in [0.05, 0.1) is 11.6 Å². The molecule has 2 aliphatic heterocycles. The lowest BCUT2D eigenvalue weighted by molar-refractivity contribution is -0.0839. The van der Waals surface area contributed by atoms with E-state index in [4.69, 9.17) is 4.74 Å². The highest BCUT2D eigenvalue weighted by molar-refractivity contribution is 5.68. The molecule has 0 aromatic carbocycles. The number of aliphatic hydroxyl groups is 1. The summed E-state index contributed by atoms with van der Waals surface area (Å²) in [5.74, 6) is 0.973. The summed E-state index contributed by atoms with van der Waals surface area (Å²) in [5.41, 5.74) is -1.33. The first-order chi connectivity index (χ1) is 12.6. The van der Waals surface area contributed by atoms with Crippen LogP contribution in [-0.4, -0.2) is 87.1 Å². The summed E-state index contributed by atoms with van der Waals surface area (Å²) in [7, 11) is 2.00. The molecule has 1 aromatic heterocycles. The third kappa shape index (κ3) is 4.55. The zero-order valence-corrected chi connectivity index (χ0v) is 17.2. The van der Waals surface area contributed by atoms with E-state index in [2.05, 4.69) is 14.8 Å². The second kappa shape index (κ2) is 7.31. The number of amides is 1. The Labute approximate surface area is 161 Å². The molecule has 8 nitrogen and oxygen atoms in total. The Morgan fingerprint density at radius 1 is 1.26 bits per heavy atom. The molecule has 0 radical (unpaired) electrons. The first-order valence-corrected chi connectivity index (χ1v) is 9.73. The van der Waals surface area contributed by atoms with Crippen molar-refractivity contribution in [1.82, 2.24) is 19.4 Å². The van der Waals surface area contributed by atoms with Gasteiger partial charge in [-0.2, -0.15) is 0 Å². The van der Waals surface area contributed by atoms with Crippen LogP contribution < -0.4 is 4.90 Å². The van der Waals surface area contributed by atoms with Crippen LogP contribution in [0.15, 0.2) is 12.4 Å². The summed E-state index contributed by atoms with van der Waals surface area (Å²) >= 11 is 0. The number of anilines is 1. The van der Waals surface area contributed by atoms with Gasteiger partial charge in [0.25, 0.3) is 0 Å². The normalized spacial score (nSPS) is 27.7. The maximum Gasteiger partial charge on any atom is 0.410 e. The fourth-order valence-corrected chi connectivity index (χ4v) is 3.92. The van der Waals surface area contributed by atoms with Gasteiger partial charge < -0.3 is 24.2 Å². The Kier molecular flexibility index (Phi) is 5.40. The minimum absolute atomic E-state index is 0.0951. The van der Waals surface area contributed by atoms with E-state index < -0.39 is 11.2 Å². The van der Waals surface area contributed by atoms with Gasteiger partial charge in [0.2, 0.25) is 5.95 Å². The highest BCUT2D eigenvalue weighted by Gasteiger charge is 2.44. The molecule has 2 atom stereocenters. The predicted octanol–water partition coefficient (Wildman–Crippen LogP) is 1.30. The zero-order chi connectivity index (χ0) is 19.8. The van der Waals surface area contributed by atoms with Crippen LogP contribution in [0.2, 0.25) is 0 Å². The fourth-order valence-electron chi connectivity index (χ4n) is 3.92. The first kappa shape index (κ1) is 19.9. The molecular formula is C19H33N5O3. The number of hydrogen-bond acceptors (Lipinski definition) is 6. The van der Waals surface area contributed by atoms with Crippen molar-refractivity contribution in [1.29, 1.82) is 0 Å². The van der Waals surface area contributed by atoms with E-state index in [9.17, 15) is 9.90 Å². The molecule has 0 spiro atoms. The van der Waals surface area contributed by atoms with Gasteiger partial charge in [-0.15, -0.1) is 0 Å². The van der Waals surface area contributed by atoms with Crippen LogP contribution in [0.1, 0.15) is 34.1 Å². The van der Waals surface area contributed by atoms with Crippen LogP contribution in [0.3, 0.4) is 0 Å². The van der Waals surface area contributed by atoms with Crippen LogP contribution in [0, 0.1) is 0 Å². The SMILES string of the molecule is Cn1ccnc1N1CCN([C@@H]2CN(C(=O)OC(C)(C)C)CC[C@]2(C)O)CC1. The molecule has 27 heavy (non-hydrogen) atoms. The Morgan fingerprint density at radius 3 is 2.48 bits per heavy atom. The molecule has 8 heteroatoms.